The molecule has 0 saturated carbocycles. The van der Waals surface area contributed by atoms with Crippen LogP contribution >= 0.6 is 0 Å². The van der Waals surface area contributed by atoms with E-state index in [1.165, 1.54) is 19.4 Å². The Morgan fingerprint density at radius 1 is 1.58 bits per heavy atom. The fourth-order valence-corrected chi connectivity index (χ4v) is 2.83. The maximum Gasteiger partial charge on any atom is 0.128 e. The highest BCUT2D eigenvalue weighted by Crippen LogP contribution is 2.21. The predicted molar refractivity (Wildman–Crippen MR) is 78.4 cm³/mol. The molecule has 0 amide bonds. The molecule has 0 bridgehead atoms. The molecule has 1 aromatic heterocycles. The first kappa shape index (κ1) is 14.3. The van der Waals surface area contributed by atoms with Crippen LogP contribution in [0.5, 0.6) is 0 Å². The molecule has 0 radical (unpaired) electrons. The molecule has 2 heterocycles. The molecule has 4 heteroatoms. The molecule has 1 fully saturated rings. The van der Waals surface area contributed by atoms with Crippen LogP contribution in [-0.4, -0.2) is 47.7 Å². The molecule has 1 saturated heterocycles. The lowest BCUT2D eigenvalue weighted by atomic mass is 10.1. The van der Waals surface area contributed by atoms with E-state index in [2.05, 4.69) is 28.8 Å². The van der Waals surface area contributed by atoms with Crippen LogP contribution in [0.3, 0.4) is 0 Å². The number of aliphatic hydroxyl groups is 1. The van der Waals surface area contributed by atoms with Gasteiger partial charge >= 0.3 is 0 Å². The number of rotatable bonds is 5. The molecule has 0 aromatic carbocycles. The van der Waals surface area contributed by atoms with Crippen molar-refractivity contribution in [1.82, 2.24) is 9.88 Å². The smallest absolute Gasteiger partial charge is 0.128 e. The topological polar surface area (TPSA) is 39.6 Å². The summed E-state index contributed by atoms with van der Waals surface area (Å²) in [6.45, 7) is 7.36. The summed E-state index contributed by atoms with van der Waals surface area (Å²) in [5, 5.41) is 9.64. The summed E-state index contributed by atoms with van der Waals surface area (Å²) in [6, 6.07) is 4.48. The number of likely N-dealkylation sites (tertiary alicyclic amines) is 1. The maximum absolute atomic E-state index is 9.64. The molecule has 1 N–H and O–H groups in total. The van der Waals surface area contributed by atoms with Gasteiger partial charge in [0.1, 0.15) is 5.82 Å². The van der Waals surface area contributed by atoms with Crippen molar-refractivity contribution >= 4 is 5.82 Å². The molecular formula is C15H25N3O. The van der Waals surface area contributed by atoms with E-state index in [1.54, 1.807) is 13.1 Å². The third kappa shape index (κ3) is 3.45. The van der Waals surface area contributed by atoms with Crippen LogP contribution in [-0.2, 0) is 0 Å². The van der Waals surface area contributed by atoms with Crippen LogP contribution < -0.4 is 4.90 Å². The standard InChI is InChI=1S/C15H25N3O/c1-4-18-9-5-6-14(18)11-17(3)15-10-13(12(2)19)7-8-16-15/h7-8,10,12,14,19H,4-6,9,11H2,1-3H3/t12-,14?/m0/s1. The molecule has 1 aromatic rings. The minimum absolute atomic E-state index is 0.436. The minimum atomic E-state index is -0.436. The Labute approximate surface area is 116 Å². The van der Waals surface area contributed by atoms with E-state index in [-0.39, 0.29) is 0 Å². The van der Waals surface area contributed by atoms with Crippen LogP contribution in [0.25, 0.3) is 0 Å². The van der Waals surface area contributed by atoms with Gasteiger partial charge in [-0.05, 0) is 50.6 Å². The van der Waals surface area contributed by atoms with Gasteiger partial charge < -0.3 is 10.0 Å². The van der Waals surface area contributed by atoms with Crippen LogP contribution in [0, 0.1) is 0 Å². The Balaban J connectivity index is 2.03. The van der Waals surface area contributed by atoms with Gasteiger partial charge in [0.05, 0.1) is 6.10 Å². The lowest BCUT2D eigenvalue weighted by Crippen LogP contribution is -2.39. The molecule has 1 unspecified atom stereocenters. The van der Waals surface area contributed by atoms with Crippen molar-refractivity contribution in [2.45, 2.75) is 38.8 Å². The SMILES string of the molecule is CCN1CCCC1CN(C)c1cc([C@H](C)O)ccn1. The third-order valence-corrected chi connectivity index (χ3v) is 4.03. The van der Waals surface area contributed by atoms with Crippen molar-refractivity contribution in [2.75, 3.05) is 31.6 Å². The number of aliphatic hydroxyl groups excluding tert-OH is 1. The van der Waals surface area contributed by atoms with Crippen LogP contribution in [0.1, 0.15) is 38.4 Å². The highest BCUT2D eigenvalue weighted by atomic mass is 16.3. The number of aromatic nitrogens is 1. The molecular weight excluding hydrogens is 238 g/mol. The van der Waals surface area contributed by atoms with E-state index in [0.717, 1.165) is 24.5 Å². The van der Waals surface area contributed by atoms with Gasteiger partial charge in [-0.2, -0.15) is 0 Å². The summed E-state index contributed by atoms with van der Waals surface area (Å²) in [4.78, 5) is 9.15. The second kappa shape index (κ2) is 6.35. The van der Waals surface area contributed by atoms with E-state index in [1.807, 2.05) is 12.1 Å². The second-order valence-electron chi connectivity index (χ2n) is 5.43. The quantitative estimate of drug-likeness (QED) is 0.882. The van der Waals surface area contributed by atoms with Crippen molar-refractivity contribution in [3.63, 3.8) is 0 Å². The largest absolute Gasteiger partial charge is 0.389 e. The van der Waals surface area contributed by atoms with Crippen molar-refractivity contribution in [2.24, 2.45) is 0 Å². The first-order valence-corrected chi connectivity index (χ1v) is 7.21. The molecule has 106 valence electrons. The van der Waals surface area contributed by atoms with Gasteiger partial charge in [0.25, 0.3) is 0 Å². The summed E-state index contributed by atoms with van der Waals surface area (Å²) < 4.78 is 0. The zero-order chi connectivity index (χ0) is 13.8. The normalized spacial score (nSPS) is 21.6. The Morgan fingerprint density at radius 2 is 2.37 bits per heavy atom. The Kier molecular flexibility index (Phi) is 4.77. The first-order valence-electron chi connectivity index (χ1n) is 7.21. The van der Waals surface area contributed by atoms with Crippen molar-refractivity contribution < 1.29 is 5.11 Å². The molecule has 1 aliphatic heterocycles. The Morgan fingerprint density at radius 3 is 3.05 bits per heavy atom. The number of likely N-dealkylation sites (N-methyl/N-ethyl adjacent to an activating group) is 2. The van der Waals surface area contributed by atoms with E-state index >= 15 is 0 Å². The van der Waals surface area contributed by atoms with E-state index in [4.69, 9.17) is 0 Å². The molecule has 4 nitrogen and oxygen atoms in total. The van der Waals surface area contributed by atoms with Crippen LogP contribution in [0.2, 0.25) is 0 Å². The van der Waals surface area contributed by atoms with Crippen molar-refractivity contribution in [1.29, 1.82) is 0 Å². The number of hydrogen-bond acceptors (Lipinski definition) is 4. The van der Waals surface area contributed by atoms with Gasteiger partial charge in [-0.25, -0.2) is 4.98 Å². The summed E-state index contributed by atoms with van der Waals surface area (Å²) in [7, 11) is 2.08. The summed E-state index contributed by atoms with van der Waals surface area (Å²) in [6.07, 6.45) is 3.91. The zero-order valence-corrected chi connectivity index (χ0v) is 12.2. The van der Waals surface area contributed by atoms with E-state index < -0.39 is 6.10 Å². The van der Waals surface area contributed by atoms with Gasteiger partial charge in [-0.15, -0.1) is 0 Å². The Bertz CT molecular complexity index is 408. The fraction of sp³-hybridized carbons (Fsp3) is 0.667. The van der Waals surface area contributed by atoms with Crippen molar-refractivity contribution in [3.8, 4) is 0 Å². The molecule has 19 heavy (non-hydrogen) atoms. The van der Waals surface area contributed by atoms with Gasteiger partial charge in [0.2, 0.25) is 0 Å². The number of pyridine rings is 1. The predicted octanol–water partition coefficient (Wildman–Crippen LogP) is 2.06. The highest BCUT2D eigenvalue weighted by Gasteiger charge is 2.24. The molecule has 2 rings (SSSR count). The van der Waals surface area contributed by atoms with Gasteiger partial charge in [-0.1, -0.05) is 6.92 Å². The van der Waals surface area contributed by atoms with E-state index in [0.29, 0.717) is 6.04 Å². The number of nitrogens with zero attached hydrogens (tertiary/aromatic N) is 3. The second-order valence-corrected chi connectivity index (χ2v) is 5.43. The lowest BCUT2D eigenvalue weighted by molar-refractivity contribution is 0.199. The van der Waals surface area contributed by atoms with Gasteiger partial charge in [0, 0.05) is 25.8 Å². The monoisotopic (exact) mass is 263 g/mol. The molecule has 1 aliphatic rings. The van der Waals surface area contributed by atoms with Gasteiger partial charge in [-0.3, -0.25) is 4.90 Å². The highest BCUT2D eigenvalue weighted by molar-refractivity contribution is 5.40. The van der Waals surface area contributed by atoms with Gasteiger partial charge in [0.15, 0.2) is 0 Å². The van der Waals surface area contributed by atoms with Crippen molar-refractivity contribution in [3.05, 3.63) is 23.9 Å². The summed E-state index contributed by atoms with van der Waals surface area (Å²) >= 11 is 0. The summed E-state index contributed by atoms with van der Waals surface area (Å²) in [5.41, 5.74) is 0.926. The average molecular weight is 263 g/mol. The molecule has 2 atom stereocenters. The summed E-state index contributed by atoms with van der Waals surface area (Å²) in [5.74, 6) is 0.946. The molecule has 0 spiro atoms. The first-order chi connectivity index (χ1) is 9.11. The maximum atomic E-state index is 9.64. The fourth-order valence-electron chi connectivity index (χ4n) is 2.83. The van der Waals surface area contributed by atoms with Crippen LogP contribution in [0.15, 0.2) is 18.3 Å². The number of hydrogen-bond donors (Lipinski definition) is 1. The average Bonchev–Trinajstić information content (AvgIpc) is 2.86. The lowest BCUT2D eigenvalue weighted by Gasteiger charge is -2.28. The minimum Gasteiger partial charge on any atom is -0.389 e. The number of anilines is 1. The van der Waals surface area contributed by atoms with Crippen LogP contribution in [0.4, 0.5) is 5.82 Å². The van der Waals surface area contributed by atoms with E-state index in [9.17, 15) is 5.11 Å². The molecule has 0 aliphatic carbocycles. The third-order valence-electron chi connectivity index (χ3n) is 4.03. The zero-order valence-electron chi connectivity index (χ0n) is 12.2. The Hall–Kier alpha value is -1.13.